The van der Waals surface area contributed by atoms with Crippen LogP contribution in [0.4, 0.5) is 0 Å². The van der Waals surface area contributed by atoms with Crippen molar-refractivity contribution in [3.05, 3.63) is 86.8 Å². The number of thiazole rings is 1. The Labute approximate surface area is 222 Å². The predicted octanol–water partition coefficient (Wildman–Crippen LogP) is 6.95. The Morgan fingerprint density at radius 3 is 2.36 bits per heavy atom. The van der Waals surface area contributed by atoms with Crippen molar-refractivity contribution in [1.82, 2.24) is 4.57 Å². The number of halogens is 1. The quantitative estimate of drug-likeness (QED) is 0.189. The second kappa shape index (κ2) is 10.7. The molecule has 0 N–H and O–H groups in total. The van der Waals surface area contributed by atoms with Gasteiger partial charge in [0, 0.05) is 11.4 Å². The molecule has 0 radical (unpaired) electrons. The van der Waals surface area contributed by atoms with E-state index in [0.29, 0.717) is 20.5 Å². The second-order valence-corrected chi connectivity index (χ2v) is 12.9. The average Bonchev–Trinajstić information content (AvgIpc) is 3.52. The van der Waals surface area contributed by atoms with E-state index in [1.54, 1.807) is 42.5 Å². The lowest BCUT2D eigenvalue weighted by atomic mass is 9.95. The van der Waals surface area contributed by atoms with Crippen LogP contribution in [0.3, 0.4) is 0 Å². The fraction of sp³-hybridized carbons (Fsp3) is 0.231. The van der Waals surface area contributed by atoms with E-state index < -0.39 is 16.0 Å². The van der Waals surface area contributed by atoms with Gasteiger partial charge >= 0.3 is 5.97 Å². The van der Waals surface area contributed by atoms with Crippen LogP contribution in [-0.4, -0.2) is 19.0 Å². The van der Waals surface area contributed by atoms with Crippen molar-refractivity contribution in [2.45, 2.75) is 42.4 Å². The van der Waals surface area contributed by atoms with Crippen molar-refractivity contribution < 1.29 is 17.9 Å². The molecule has 2 aromatic heterocycles. The van der Waals surface area contributed by atoms with Crippen molar-refractivity contribution in [3.63, 3.8) is 0 Å². The van der Waals surface area contributed by atoms with Crippen molar-refractivity contribution >= 4 is 50.3 Å². The maximum absolute atomic E-state index is 13.0. The summed E-state index contributed by atoms with van der Waals surface area (Å²) in [5.74, 6) is 0.0187. The van der Waals surface area contributed by atoms with Crippen LogP contribution in [0.2, 0.25) is 4.34 Å². The van der Waals surface area contributed by atoms with E-state index in [4.69, 9.17) is 16.3 Å². The third-order valence-corrected chi connectivity index (χ3v) is 9.97. The minimum Gasteiger partial charge on any atom is -0.423 e. The molecule has 6 nitrogen and oxygen atoms in total. The number of ether oxygens (including phenoxy) is 1. The highest BCUT2D eigenvalue weighted by molar-refractivity contribution is 7.92. The number of sulfonamides is 1. The van der Waals surface area contributed by atoms with Gasteiger partial charge in [0.2, 0.25) is 4.80 Å². The third-order valence-electron chi connectivity index (χ3n) is 6.05. The van der Waals surface area contributed by atoms with Crippen LogP contribution in [0.15, 0.2) is 80.7 Å². The van der Waals surface area contributed by atoms with Gasteiger partial charge in [-0.25, -0.2) is 4.79 Å². The topological polar surface area (TPSA) is 77.7 Å². The summed E-state index contributed by atoms with van der Waals surface area (Å²) < 4.78 is 38.3. The van der Waals surface area contributed by atoms with Gasteiger partial charge in [0.05, 0.1) is 15.6 Å². The monoisotopic (exact) mass is 558 g/mol. The number of benzene rings is 2. The molecule has 0 spiro atoms. The van der Waals surface area contributed by atoms with E-state index in [-0.39, 0.29) is 10.3 Å². The van der Waals surface area contributed by atoms with Gasteiger partial charge in [0.1, 0.15) is 9.96 Å². The SMILES string of the molecule is O=C(Oc1ccc(-c2cs/c(=N/S(=O)(=O)c3ccc(Cl)s3)n2C2CCCCC2)cc1)c1ccccc1. The molecule has 1 aliphatic carbocycles. The predicted molar refractivity (Wildman–Crippen MR) is 143 cm³/mol. The minimum atomic E-state index is -3.88. The summed E-state index contributed by atoms with van der Waals surface area (Å²) in [5, 5.41) is 1.94. The molecule has 36 heavy (non-hydrogen) atoms. The van der Waals surface area contributed by atoms with E-state index in [2.05, 4.69) is 8.96 Å². The Balaban J connectivity index is 1.49. The van der Waals surface area contributed by atoms with Crippen molar-refractivity contribution in [1.29, 1.82) is 0 Å². The number of nitrogens with zero attached hydrogens (tertiary/aromatic N) is 2. The second-order valence-electron chi connectivity index (χ2n) is 8.47. The van der Waals surface area contributed by atoms with Gasteiger partial charge < -0.3 is 9.30 Å². The number of rotatable bonds is 6. The van der Waals surface area contributed by atoms with Crippen LogP contribution in [0.5, 0.6) is 5.75 Å². The van der Waals surface area contributed by atoms with Crippen LogP contribution < -0.4 is 9.54 Å². The molecule has 1 saturated carbocycles. The molecule has 1 fully saturated rings. The largest absolute Gasteiger partial charge is 0.423 e. The summed E-state index contributed by atoms with van der Waals surface area (Å²) in [6.45, 7) is 0. The number of hydrogen-bond donors (Lipinski definition) is 0. The van der Waals surface area contributed by atoms with Gasteiger partial charge in [-0.15, -0.1) is 27.1 Å². The molecular formula is C26H23ClN2O4S3. The molecular weight excluding hydrogens is 536 g/mol. The van der Waals surface area contributed by atoms with Crippen molar-refractivity contribution in [2.24, 2.45) is 4.40 Å². The molecule has 0 aliphatic heterocycles. The molecule has 0 amide bonds. The molecule has 2 heterocycles. The van der Waals surface area contributed by atoms with Crippen molar-refractivity contribution in [2.75, 3.05) is 0 Å². The van der Waals surface area contributed by atoms with Gasteiger partial charge in [-0.1, -0.05) is 49.1 Å². The molecule has 0 atom stereocenters. The molecule has 0 unspecified atom stereocenters. The Kier molecular flexibility index (Phi) is 7.43. The maximum atomic E-state index is 13.0. The van der Waals surface area contributed by atoms with Crippen LogP contribution in [-0.2, 0) is 10.0 Å². The minimum absolute atomic E-state index is 0.127. The summed E-state index contributed by atoms with van der Waals surface area (Å²) in [6.07, 6.45) is 5.29. The average molecular weight is 559 g/mol. The first-order chi connectivity index (χ1) is 17.4. The maximum Gasteiger partial charge on any atom is 0.343 e. The van der Waals surface area contributed by atoms with Gasteiger partial charge in [0.25, 0.3) is 10.0 Å². The molecule has 2 aromatic carbocycles. The number of carbonyl (C=O) groups is 1. The van der Waals surface area contributed by atoms with Crippen LogP contribution in [0.1, 0.15) is 48.5 Å². The number of aromatic nitrogens is 1. The standard InChI is InChI=1S/C26H23ClN2O4S3/c27-23-15-16-24(35-23)36(31,32)28-26-29(20-9-5-2-6-10-20)22(17-34-26)18-11-13-21(14-12-18)33-25(30)19-7-3-1-4-8-19/h1,3-4,7-8,11-17,20H,2,5-6,9-10H2/b28-26+. The lowest BCUT2D eigenvalue weighted by molar-refractivity contribution is 0.0734. The van der Waals surface area contributed by atoms with Gasteiger partial charge in [-0.3, -0.25) is 0 Å². The lowest BCUT2D eigenvalue weighted by Gasteiger charge is -2.25. The zero-order valence-electron chi connectivity index (χ0n) is 19.2. The Morgan fingerprint density at radius 2 is 1.69 bits per heavy atom. The van der Waals surface area contributed by atoms with Gasteiger partial charge in [-0.05, 0) is 66.9 Å². The van der Waals surface area contributed by atoms with E-state index in [1.807, 2.05) is 23.6 Å². The van der Waals surface area contributed by atoms with Crippen LogP contribution in [0.25, 0.3) is 11.3 Å². The van der Waals surface area contributed by atoms with E-state index >= 15 is 0 Å². The zero-order valence-corrected chi connectivity index (χ0v) is 22.4. The summed E-state index contributed by atoms with van der Waals surface area (Å²) >= 11 is 8.27. The highest BCUT2D eigenvalue weighted by Gasteiger charge is 2.23. The number of thiophene rings is 1. The van der Waals surface area contributed by atoms with Crippen LogP contribution in [0, 0.1) is 0 Å². The fourth-order valence-corrected chi connectivity index (χ4v) is 7.94. The summed E-state index contributed by atoms with van der Waals surface area (Å²) in [6, 6.07) is 19.3. The van der Waals surface area contributed by atoms with E-state index in [1.165, 1.54) is 23.8 Å². The summed E-state index contributed by atoms with van der Waals surface area (Å²) in [4.78, 5) is 12.8. The first-order valence-corrected chi connectivity index (χ1v) is 15.1. The summed E-state index contributed by atoms with van der Waals surface area (Å²) in [7, 11) is -3.88. The molecule has 10 heteroatoms. The van der Waals surface area contributed by atoms with Crippen LogP contribution >= 0.6 is 34.3 Å². The summed E-state index contributed by atoms with van der Waals surface area (Å²) in [5.41, 5.74) is 2.27. The first-order valence-electron chi connectivity index (χ1n) is 11.5. The molecule has 0 saturated heterocycles. The highest BCUT2D eigenvalue weighted by Crippen LogP contribution is 2.33. The molecule has 5 rings (SSSR count). The van der Waals surface area contributed by atoms with E-state index in [9.17, 15) is 13.2 Å². The number of esters is 1. The lowest BCUT2D eigenvalue weighted by Crippen LogP contribution is -2.24. The number of hydrogen-bond acceptors (Lipinski definition) is 6. The highest BCUT2D eigenvalue weighted by atomic mass is 35.5. The normalized spacial score (nSPS) is 15.2. The van der Waals surface area contributed by atoms with E-state index in [0.717, 1.165) is 48.3 Å². The number of carbonyl (C=O) groups excluding carboxylic acids is 1. The van der Waals surface area contributed by atoms with Gasteiger partial charge in [0.15, 0.2) is 0 Å². The first kappa shape index (κ1) is 25.0. The molecule has 186 valence electrons. The van der Waals surface area contributed by atoms with Crippen molar-refractivity contribution in [3.8, 4) is 17.0 Å². The van der Waals surface area contributed by atoms with Gasteiger partial charge in [-0.2, -0.15) is 8.42 Å². The molecule has 0 bridgehead atoms. The zero-order chi connectivity index (χ0) is 25.1. The Morgan fingerprint density at radius 1 is 0.972 bits per heavy atom. The fourth-order valence-electron chi connectivity index (χ4n) is 4.31. The molecule has 1 aliphatic rings. The Bertz CT molecular complexity index is 1530. The smallest absolute Gasteiger partial charge is 0.343 e. The third kappa shape index (κ3) is 5.49. The molecule has 4 aromatic rings. The Hall–Kier alpha value is -2.72.